The maximum absolute atomic E-state index is 12.0. The molecule has 0 bridgehead atoms. The van der Waals surface area contributed by atoms with Gasteiger partial charge in [-0.3, -0.25) is 9.59 Å². The molecule has 0 aliphatic carbocycles. The van der Waals surface area contributed by atoms with Gasteiger partial charge in [0.25, 0.3) is 5.91 Å². The number of carboxylic acid groups (broad SMARTS) is 1. The molecule has 0 saturated carbocycles. The Labute approximate surface area is 128 Å². The zero-order chi connectivity index (χ0) is 16.3. The van der Waals surface area contributed by atoms with Gasteiger partial charge in [0.05, 0.1) is 11.4 Å². The highest BCUT2D eigenvalue weighted by Crippen LogP contribution is 2.17. The van der Waals surface area contributed by atoms with Crippen LogP contribution in [0.5, 0.6) is 0 Å². The number of carboxylic acids is 1. The Morgan fingerprint density at radius 3 is 2.59 bits per heavy atom. The number of hydrogen-bond donors (Lipinski definition) is 2. The van der Waals surface area contributed by atoms with Crippen molar-refractivity contribution in [3.05, 3.63) is 40.7 Å². The summed E-state index contributed by atoms with van der Waals surface area (Å²) in [5.41, 5.74) is 3.91. The van der Waals surface area contributed by atoms with Crippen molar-refractivity contribution in [2.24, 2.45) is 0 Å². The van der Waals surface area contributed by atoms with Gasteiger partial charge >= 0.3 is 5.97 Å². The molecule has 0 unspecified atom stereocenters. The summed E-state index contributed by atoms with van der Waals surface area (Å²) in [7, 11) is 0. The summed E-state index contributed by atoms with van der Waals surface area (Å²) in [4.78, 5) is 22.5. The van der Waals surface area contributed by atoms with Crippen molar-refractivity contribution >= 4 is 11.9 Å². The van der Waals surface area contributed by atoms with Gasteiger partial charge in [-0.2, -0.15) is 0 Å². The standard InChI is InChI=1S/C15H18N4O3/c1-4-12-14(15(22)16-8-13(20)21)17-18-19(12)11-6-5-9(2)10(3)7-11/h5-7H,4,8H2,1-3H3,(H,16,22)(H,20,21). The molecule has 0 aliphatic rings. The van der Waals surface area contributed by atoms with Gasteiger partial charge in [-0.25, -0.2) is 4.68 Å². The van der Waals surface area contributed by atoms with Gasteiger partial charge in [0, 0.05) is 0 Å². The molecule has 0 saturated heterocycles. The van der Waals surface area contributed by atoms with Crippen molar-refractivity contribution in [1.29, 1.82) is 0 Å². The summed E-state index contributed by atoms with van der Waals surface area (Å²) >= 11 is 0. The number of nitrogens with zero attached hydrogens (tertiary/aromatic N) is 3. The van der Waals surface area contributed by atoms with Crippen molar-refractivity contribution in [3.8, 4) is 5.69 Å². The predicted molar refractivity (Wildman–Crippen MR) is 80.2 cm³/mol. The first-order valence-electron chi connectivity index (χ1n) is 6.96. The lowest BCUT2D eigenvalue weighted by Gasteiger charge is -2.08. The lowest BCUT2D eigenvalue weighted by Crippen LogP contribution is -2.30. The summed E-state index contributed by atoms with van der Waals surface area (Å²) in [5.74, 6) is -1.64. The number of amides is 1. The molecule has 0 spiro atoms. The van der Waals surface area contributed by atoms with Crippen molar-refractivity contribution in [1.82, 2.24) is 20.3 Å². The van der Waals surface area contributed by atoms with Crippen molar-refractivity contribution in [3.63, 3.8) is 0 Å². The number of nitrogens with one attached hydrogen (secondary N) is 1. The molecule has 7 heteroatoms. The minimum absolute atomic E-state index is 0.155. The van der Waals surface area contributed by atoms with Crippen molar-refractivity contribution in [2.45, 2.75) is 27.2 Å². The monoisotopic (exact) mass is 302 g/mol. The third-order valence-corrected chi connectivity index (χ3v) is 3.45. The third kappa shape index (κ3) is 3.13. The van der Waals surface area contributed by atoms with E-state index in [0.717, 1.165) is 11.3 Å². The van der Waals surface area contributed by atoms with Crippen LogP contribution in [0.15, 0.2) is 18.2 Å². The van der Waals surface area contributed by atoms with Crippen LogP contribution in [0, 0.1) is 13.8 Å². The number of hydrogen-bond acceptors (Lipinski definition) is 4. The summed E-state index contributed by atoms with van der Waals surface area (Å²) in [6, 6.07) is 5.87. The van der Waals surface area contributed by atoms with Crippen LogP contribution in [0.3, 0.4) is 0 Å². The lowest BCUT2D eigenvalue weighted by atomic mass is 10.1. The summed E-state index contributed by atoms with van der Waals surface area (Å²) in [6.07, 6.45) is 0.551. The number of aryl methyl sites for hydroxylation is 2. The van der Waals surface area contributed by atoms with Crippen LogP contribution in [0.1, 0.15) is 34.2 Å². The Morgan fingerprint density at radius 1 is 1.27 bits per heavy atom. The summed E-state index contributed by atoms with van der Waals surface area (Å²) in [6.45, 7) is 5.47. The van der Waals surface area contributed by atoms with Crippen LogP contribution in [0.4, 0.5) is 0 Å². The second kappa shape index (κ2) is 6.38. The molecule has 22 heavy (non-hydrogen) atoms. The Bertz CT molecular complexity index is 722. The molecule has 1 aromatic carbocycles. The Morgan fingerprint density at radius 2 is 2.00 bits per heavy atom. The van der Waals surface area contributed by atoms with Gasteiger partial charge in [0.2, 0.25) is 0 Å². The fourth-order valence-corrected chi connectivity index (χ4v) is 2.10. The number of aromatic nitrogens is 3. The van der Waals surface area contributed by atoms with Gasteiger partial charge in [-0.1, -0.05) is 18.2 Å². The second-order valence-corrected chi connectivity index (χ2v) is 5.00. The van der Waals surface area contributed by atoms with E-state index >= 15 is 0 Å². The minimum atomic E-state index is -1.10. The average molecular weight is 302 g/mol. The smallest absolute Gasteiger partial charge is 0.322 e. The van der Waals surface area contributed by atoms with Gasteiger partial charge < -0.3 is 10.4 Å². The van der Waals surface area contributed by atoms with Gasteiger partial charge in [0.1, 0.15) is 6.54 Å². The topological polar surface area (TPSA) is 97.1 Å². The Balaban J connectivity index is 2.36. The molecule has 7 nitrogen and oxygen atoms in total. The zero-order valence-electron chi connectivity index (χ0n) is 12.8. The van der Waals surface area contributed by atoms with Crippen molar-refractivity contribution < 1.29 is 14.7 Å². The molecular formula is C15H18N4O3. The third-order valence-electron chi connectivity index (χ3n) is 3.45. The highest BCUT2D eigenvalue weighted by Gasteiger charge is 2.19. The SMILES string of the molecule is CCc1c(C(=O)NCC(=O)O)nnn1-c1ccc(C)c(C)c1. The molecule has 2 aromatic rings. The fourth-order valence-electron chi connectivity index (χ4n) is 2.10. The van der Waals surface area contributed by atoms with E-state index in [1.807, 2.05) is 39.0 Å². The van der Waals surface area contributed by atoms with E-state index in [1.165, 1.54) is 5.56 Å². The first-order chi connectivity index (χ1) is 10.4. The van der Waals surface area contributed by atoms with Crippen LogP contribution in [0.2, 0.25) is 0 Å². The van der Waals surface area contributed by atoms with Crippen LogP contribution < -0.4 is 5.32 Å². The molecule has 0 atom stereocenters. The summed E-state index contributed by atoms with van der Waals surface area (Å²) < 4.78 is 1.61. The first kappa shape index (κ1) is 15.7. The first-order valence-corrected chi connectivity index (χ1v) is 6.96. The second-order valence-electron chi connectivity index (χ2n) is 5.00. The molecule has 116 valence electrons. The zero-order valence-corrected chi connectivity index (χ0v) is 12.8. The molecule has 0 aliphatic heterocycles. The number of carbonyl (C=O) groups is 2. The fraction of sp³-hybridized carbons (Fsp3) is 0.333. The van der Waals surface area contributed by atoms with E-state index in [2.05, 4.69) is 15.6 Å². The van der Waals surface area contributed by atoms with E-state index in [0.29, 0.717) is 12.1 Å². The molecule has 2 rings (SSSR count). The van der Waals surface area contributed by atoms with E-state index in [9.17, 15) is 9.59 Å². The highest BCUT2D eigenvalue weighted by atomic mass is 16.4. The molecule has 0 radical (unpaired) electrons. The Kier molecular flexibility index (Phi) is 4.55. The normalized spacial score (nSPS) is 10.5. The largest absolute Gasteiger partial charge is 0.480 e. The highest BCUT2D eigenvalue weighted by molar-refractivity contribution is 5.95. The lowest BCUT2D eigenvalue weighted by molar-refractivity contribution is -0.135. The molecule has 1 amide bonds. The van der Waals surface area contributed by atoms with E-state index < -0.39 is 18.4 Å². The van der Waals surface area contributed by atoms with Crippen LogP contribution in [0.25, 0.3) is 5.69 Å². The van der Waals surface area contributed by atoms with Crippen LogP contribution in [-0.4, -0.2) is 38.5 Å². The van der Waals surface area contributed by atoms with E-state index in [1.54, 1.807) is 4.68 Å². The molecule has 2 N–H and O–H groups in total. The molecular weight excluding hydrogens is 284 g/mol. The Hall–Kier alpha value is -2.70. The predicted octanol–water partition coefficient (Wildman–Crippen LogP) is 1.26. The number of carbonyl (C=O) groups excluding carboxylic acids is 1. The van der Waals surface area contributed by atoms with Crippen LogP contribution in [-0.2, 0) is 11.2 Å². The maximum Gasteiger partial charge on any atom is 0.322 e. The van der Waals surface area contributed by atoms with Gasteiger partial charge in [-0.05, 0) is 43.5 Å². The maximum atomic E-state index is 12.0. The number of aliphatic carboxylic acids is 1. The van der Waals surface area contributed by atoms with E-state index in [-0.39, 0.29) is 5.69 Å². The molecule has 1 heterocycles. The van der Waals surface area contributed by atoms with E-state index in [4.69, 9.17) is 5.11 Å². The number of rotatable bonds is 5. The average Bonchev–Trinajstić information content (AvgIpc) is 2.91. The molecule has 1 aromatic heterocycles. The minimum Gasteiger partial charge on any atom is -0.480 e. The van der Waals surface area contributed by atoms with Crippen LogP contribution >= 0.6 is 0 Å². The quantitative estimate of drug-likeness (QED) is 0.866. The number of benzene rings is 1. The van der Waals surface area contributed by atoms with Gasteiger partial charge in [0.15, 0.2) is 5.69 Å². The van der Waals surface area contributed by atoms with Gasteiger partial charge in [-0.15, -0.1) is 5.10 Å². The summed E-state index contributed by atoms with van der Waals surface area (Å²) in [5, 5.41) is 18.9. The molecule has 0 fully saturated rings. The van der Waals surface area contributed by atoms with Crippen molar-refractivity contribution in [2.75, 3.05) is 6.54 Å².